The monoisotopic (exact) mass is 206 g/mol. The maximum Gasteiger partial charge on any atom is 0.118 e. The van der Waals surface area contributed by atoms with E-state index in [1.54, 1.807) is 7.11 Å². The van der Waals surface area contributed by atoms with E-state index in [9.17, 15) is 0 Å². The molecule has 1 aliphatic rings. The van der Waals surface area contributed by atoms with Crippen LogP contribution in [0.15, 0.2) is 24.3 Å². The van der Waals surface area contributed by atoms with Crippen molar-refractivity contribution in [2.24, 2.45) is 11.3 Å². The Kier molecular flexibility index (Phi) is 2.67. The Balaban J connectivity index is 2.19. The van der Waals surface area contributed by atoms with Gasteiger partial charge in [-0.15, -0.1) is 0 Å². The SMILES string of the molecule is COc1ccc(C(NN)C2(C)CC2)cc1. The lowest BCUT2D eigenvalue weighted by Gasteiger charge is -2.23. The fourth-order valence-electron chi connectivity index (χ4n) is 1.98. The zero-order valence-electron chi connectivity index (χ0n) is 9.29. The fourth-order valence-corrected chi connectivity index (χ4v) is 1.98. The number of hydrogen-bond acceptors (Lipinski definition) is 3. The number of methoxy groups -OCH3 is 1. The van der Waals surface area contributed by atoms with Crippen LogP contribution in [0, 0.1) is 5.41 Å². The summed E-state index contributed by atoms with van der Waals surface area (Å²) >= 11 is 0. The van der Waals surface area contributed by atoms with Crippen LogP contribution < -0.4 is 16.0 Å². The molecule has 1 saturated carbocycles. The number of nitrogens with one attached hydrogen (secondary N) is 1. The van der Waals surface area contributed by atoms with Crippen molar-refractivity contribution in [2.45, 2.75) is 25.8 Å². The maximum absolute atomic E-state index is 5.62. The predicted molar refractivity (Wildman–Crippen MR) is 60.4 cm³/mol. The van der Waals surface area contributed by atoms with Gasteiger partial charge in [-0.05, 0) is 36.0 Å². The van der Waals surface area contributed by atoms with Crippen LogP contribution in [0.4, 0.5) is 0 Å². The molecule has 1 fully saturated rings. The highest BCUT2D eigenvalue weighted by Gasteiger charge is 2.45. The Morgan fingerprint density at radius 1 is 1.33 bits per heavy atom. The molecule has 1 aromatic rings. The molecule has 82 valence electrons. The third-order valence-electron chi connectivity index (χ3n) is 3.35. The van der Waals surface area contributed by atoms with Crippen LogP contribution in [-0.2, 0) is 0 Å². The van der Waals surface area contributed by atoms with Gasteiger partial charge in [0.15, 0.2) is 0 Å². The van der Waals surface area contributed by atoms with Gasteiger partial charge in [0.1, 0.15) is 5.75 Å². The Morgan fingerprint density at radius 3 is 2.33 bits per heavy atom. The molecule has 3 N–H and O–H groups in total. The Bertz CT molecular complexity index is 330. The molecule has 0 bridgehead atoms. The van der Waals surface area contributed by atoms with E-state index in [1.165, 1.54) is 18.4 Å². The summed E-state index contributed by atoms with van der Waals surface area (Å²) in [4.78, 5) is 0. The molecular formula is C12H18N2O. The Labute approximate surface area is 90.6 Å². The van der Waals surface area contributed by atoms with E-state index in [0.717, 1.165) is 5.75 Å². The highest BCUT2D eigenvalue weighted by molar-refractivity contribution is 5.31. The number of benzene rings is 1. The molecule has 2 rings (SSSR count). The van der Waals surface area contributed by atoms with Crippen molar-refractivity contribution in [3.05, 3.63) is 29.8 Å². The van der Waals surface area contributed by atoms with Gasteiger partial charge >= 0.3 is 0 Å². The largest absolute Gasteiger partial charge is 0.497 e. The van der Waals surface area contributed by atoms with Crippen molar-refractivity contribution >= 4 is 0 Å². The van der Waals surface area contributed by atoms with Gasteiger partial charge in [0, 0.05) is 0 Å². The van der Waals surface area contributed by atoms with E-state index in [-0.39, 0.29) is 6.04 Å². The minimum absolute atomic E-state index is 0.253. The minimum Gasteiger partial charge on any atom is -0.497 e. The number of hydrazine groups is 1. The second-order valence-corrected chi connectivity index (χ2v) is 4.53. The maximum atomic E-state index is 5.62. The first-order chi connectivity index (χ1) is 7.19. The van der Waals surface area contributed by atoms with Crippen molar-refractivity contribution in [2.75, 3.05) is 7.11 Å². The van der Waals surface area contributed by atoms with Gasteiger partial charge in [-0.25, -0.2) is 0 Å². The Hall–Kier alpha value is -1.06. The van der Waals surface area contributed by atoms with Gasteiger partial charge in [0.25, 0.3) is 0 Å². The molecule has 15 heavy (non-hydrogen) atoms. The van der Waals surface area contributed by atoms with E-state index in [2.05, 4.69) is 24.5 Å². The zero-order valence-corrected chi connectivity index (χ0v) is 9.29. The molecule has 0 saturated heterocycles. The van der Waals surface area contributed by atoms with Crippen molar-refractivity contribution in [1.29, 1.82) is 0 Å². The summed E-state index contributed by atoms with van der Waals surface area (Å²) in [5, 5.41) is 0. The van der Waals surface area contributed by atoms with Gasteiger partial charge in [-0.1, -0.05) is 19.1 Å². The van der Waals surface area contributed by atoms with Crippen LogP contribution in [0.3, 0.4) is 0 Å². The topological polar surface area (TPSA) is 47.3 Å². The highest BCUT2D eigenvalue weighted by Crippen LogP contribution is 2.54. The quantitative estimate of drug-likeness (QED) is 0.585. The molecule has 0 aliphatic heterocycles. The van der Waals surface area contributed by atoms with E-state index in [4.69, 9.17) is 10.6 Å². The number of nitrogens with two attached hydrogens (primary N) is 1. The van der Waals surface area contributed by atoms with Gasteiger partial charge in [-0.3, -0.25) is 11.3 Å². The third kappa shape index (κ3) is 1.98. The first-order valence-corrected chi connectivity index (χ1v) is 5.30. The normalized spacial score (nSPS) is 19.7. The third-order valence-corrected chi connectivity index (χ3v) is 3.35. The molecule has 3 heteroatoms. The van der Waals surface area contributed by atoms with E-state index in [1.807, 2.05) is 12.1 Å². The molecule has 1 atom stereocenters. The molecule has 3 nitrogen and oxygen atoms in total. The molecule has 0 heterocycles. The van der Waals surface area contributed by atoms with Crippen molar-refractivity contribution in [3.8, 4) is 5.75 Å². The minimum atomic E-state index is 0.253. The fraction of sp³-hybridized carbons (Fsp3) is 0.500. The van der Waals surface area contributed by atoms with Gasteiger partial charge in [0.05, 0.1) is 13.2 Å². The molecule has 0 radical (unpaired) electrons. The number of ether oxygens (including phenoxy) is 1. The summed E-state index contributed by atoms with van der Waals surface area (Å²) in [5.74, 6) is 6.50. The van der Waals surface area contributed by atoms with E-state index < -0.39 is 0 Å². The standard InChI is InChI=1S/C12H18N2O/c1-12(7-8-12)11(14-13)9-3-5-10(15-2)6-4-9/h3-6,11,14H,7-8,13H2,1-2H3. The predicted octanol–water partition coefficient (Wildman–Crippen LogP) is 2.00. The van der Waals surface area contributed by atoms with Crippen molar-refractivity contribution < 1.29 is 4.74 Å². The highest BCUT2D eigenvalue weighted by atomic mass is 16.5. The van der Waals surface area contributed by atoms with Gasteiger partial charge in [-0.2, -0.15) is 0 Å². The molecular weight excluding hydrogens is 188 g/mol. The average Bonchev–Trinajstić information content (AvgIpc) is 2.99. The number of hydrogen-bond donors (Lipinski definition) is 2. The van der Waals surface area contributed by atoms with E-state index in [0.29, 0.717) is 5.41 Å². The van der Waals surface area contributed by atoms with Crippen molar-refractivity contribution in [1.82, 2.24) is 5.43 Å². The van der Waals surface area contributed by atoms with Crippen LogP contribution in [0.2, 0.25) is 0 Å². The second-order valence-electron chi connectivity index (χ2n) is 4.53. The first-order valence-electron chi connectivity index (χ1n) is 5.30. The summed E-state index contributed by atoms with van der Waals surface area (Å²) in [7, 11) is 1.68. The van der Waals surface area contributed by atoms with Gasteiger partial charge < -0.3 is 4.74 Å². The molecule has 0 aromatic heterocycles. The molecule has 0 spiro atoms. The summed E-state index contributed by atoms with van der Waals surface area (Å²) < 4.78 is 5.13. The lowest BCUT2D eigenvalue weighted by Crippen LogP contribution is -2.33. The van der Waals surface area contributed by atoms with Crippen LogP contribution in [0.1, 0.15) is 31.4 Å². The zero-order chi connectivity index (χ0) is 10.9. The second kappa shape index (κ2) is 3.83. The van der Waals surface area contributed by atoms with Crippen LogP contribution >= 0.6 is 0 Å². The molecule has 1 aliphatic carbocycles. The lowest BCUT2D eigenvalue weighted by molar-refractivity contribution is 0.371. The molecule has 1 unspecified atom stereocenters. The Morgan fingerprint density at radius 2 is 1.93 bits per heavy atom. The average molecular weight is 206 g/mol. The lowest BCUT2D eigenvalue weighted by atomic mass is 9.92. The van der Waals surface area contributed by atoms with E-state index >= 15 is 0 Å². The number of rotatable bonds is 4. The summed E-state index contributed by atoms with van der Waals surface area (Å²) in [5.41, 5.74) is 4.49. The summed E-state index contributed by atoms with van der Waals surface area (Å²) in [6.07, 6.45) is 2.49. The van der Waals surface area contributed by atoms with Crippen LogP contribution in [-0.4, -0.2) is 7.11 Å². The van der Waals surface area contributed by atoms with Crippen LogP contribution in [0.25, 0.3) is 0 Å². The van der Waals surface area contributed by atoms with Crippen molar-refractivity contribution in [3.63, 3.8) is 0 Å². The van der Waals surface area contributed by atoms with Gasteiger partial charge in [0.2, 0.25) is 0 Å². The summed E-state index contributed by atoms with van der Waals surface area (Å²) in [6.45, 7) is 2.27. The summed E-state index contributed by atoms with van der Waals surface area (Å²) in [6, 6.07) is 8.36. The molecule has 0 amide bonds. The smallest absolute Gasteiger partial charge is 0.118 e. The molecule has 1 aromatic carbocycles. The van der Waals surface area contributed by atoms with Crippen LogP contribution in [0.5, 0.6) is 5.75 Å². The first kappa shape index (κ1) is 10.5.